The lowest BCUT2D eigenvalue weighted by molar-refractivity contribution is -0.0487. The third kappa shape index (κ3) is 6.46. The minimum atomic E-state index is -0.979. The van der Waals surface area contributed by atoms with Gasteiger partial charge in [0.25, 0.3) is 0 Å². The Morgan fingerprint density at radius 2 is 1.86 bits per heavy atom. The van der Waals surface area contributed by atoms with Crippen molar-refractivity contribution >= 4 is 25.3 Å². The van der Waals surface area contributed by atoms with Gasteiger partial charge in [-0.15, -0.1) is 0 Å². The molecule has 4 unspecified atom stereocenters. The van der Waals surface area contributed by atoms with Gasteiger partial charge in [0.05, 0.1) is 6.61 Å². The van der Waals surface area contributed by atoms with Crippen LogP contribution in [0.2, 0.25) is 10.1 Å². The van der Waals surface area contributed by atoms with Gasteiger partial charge in [-0.05, 0) is 16.1 Å². The van der Waals surface area contributed by atoms with E-state index in [0.717, 1.165) is 12.8 Å². The number of ether oxygens (including phenoxy) is 1. The number of nitrogens with zero attached hydrogens (tertiary/aromatic N) is 2. The first kappa shape index (κ1) is 24.2. The van der Waals surface area contributed by atoms with Gasteiger partial charge in [-0.3, -0.25) is 4.57 Å². The van der Waals surface area contributed by atoms with Crippen molar-refractivity contribution in [2.75, 3.05) is 12.3 Å². The monoisotopic (exact) mass is 443 g/mol. The van der Waals surface area contributed by atoms with E-state index in [1.54, 1.807) is 12.3 Å². The Labute approximate surface area is 178 Å². The summed E-state index contributed by atoms with van der Waals surface area (Å²) >= 11 is 0. The van der Waals surface area contributed by atoms with Crippen LogP contribution in [0.15, 0.2) is 17.1 Å². The van der Waals surface area contributed by atoms with Crippen LogP contribution >= 0.6 is 0 Å². The first-order valence-corrected chi connectivity index (χ1v) is 12.9. The maximum atomic E-state index is 12.4. The number of hydrogen-bond donors (Lipinski definition) is 2. The summed E-state index contributed by atoms with van der Waals surface area (Å²) in [7, 11) is -1.76. The largest absolute Gasteiger partial charge is 0.421 e. The number of aliphatic hydroxyl groups excluding tert-OH is 1. The standard InChI is InChI=1S/C19H37N3O5Si2/c1-7-18(3,4)28-25-11-12-14(23)15(27-29-19(5,6)8-2)16(26-12)22-10-9-13(20)21-17(22)24/h9-10,12,14-16,23H,7-8,11,28-29H2,1-6H3,(H2,20,21,24). The molecule has 1 aliphatic heterocycles. The Kier molecular flexibility index (Phi) is 8.22. The molecule has 0 radical (unpaired) electrons. The van der Waals surface area contributed by atoms with Gasteiger partial charge in [-0.2, -0.15) is 4.98 Å². The predicted molar refractivity (Wildman–Crippen MR) is 119 cm³/mol. The molecule has 0 bridgehead atoms. The molecule has 2 rings (SSSR count). The first-order valence-electron chi connectivity index (χ1n) is 10.4. The molecular formula is C19H37N3O5Si2. The second-order valence-electron chi connectivity index (χ2n) is 9.42. The van der Waals surface area contributed by atoms with Gasteiger partial charge in [-0.1, -0.05) is 54.4 Å². The number of nitrogen functional groups attached to an aromatic ring is 1. The Morgan fingerprint density at radius 1 is 1.24 bits per heavy atom. The molecule has 1 aliphatic rings. The van der Waals surface area contributed by atoms with E-state index in [1.807, 2.05) is 0 Å². The normalized spacial score (nSPS) is 26.3. The fourth-order valence-corrected chi connectivity index (χ4v) is 5.17. The van der Waals surface area contributed by atoms with E-state index >= 15 is 0 Å². The zero-order chi connectivity index (χ0) is 21.8. The summed E-state index contributed by atoms with van der Waals surface area (Å²) in [6, 6.07) is 1.54. The van der Waals surface area contributed by atoms with Gasteiger partial charge in [0.2, 0.25) is 0 Å². The van der Waals surface area contributed by atoms with Crippen molar-refractivity contribution in [3.05, 3.63) is 22.7 Å². The molecule has 8 nitrogen and oxygen atoms in total. The third-order valence-electron chi connectivity index (χ3n) is 5.79. The number of hydrogen-bond acceptors (Lipinski definition) is 7. The second-order valence-corrected chi connectivity index (χ2v) is 14.6. The molecule has 2 heterocycles. The molecule has 0 aliphatic carbocycles. The topological polar surface area (TPSA) is 109 Å². The second kappa shape index (κ2) is 9.84. The summed E-state index contributed by atoms with van der Waals surface area (Å²) < 4.78 is 19.6. The number of anilines is 1. The van der Waals surface area contributed by atoms with Crippen molar-refractivity contribution in [3.8, 4) is 0 Å². The van der Waals surface area contributed by atoms with E-state index in [4.69, 9.17) is 19.3 Å². The maximum absolute atomic E-state index is 12.4. The fourth-order valence-electron chi connectivity index (χ4n) is 2.86. The lowest BCUT2D eigenvalue weighted by Crippen LogP contribution is -2.40. The van der Waals surface area contributed by atoms with Crippen molar-refractivity contribution in [3.63, 3.8) is 0 Å². The number of aromatic nitrogens is 2. The third-order valence-corrected chi connectivity index (χ3v) is 9.35. The molecule has 0 spiro atoms. The highest BCUT2D eigenvalue weighted by atomic mass is 28.2. The average Bonchev–Trinajstić information content (AvgIpc) is 2.96. The smallest absolute Gasteiger partial charge is 0.351 e. The van der Waals surface area contributed by atoms with Gasteiger partial charge in [-0.25, -0.2) is 4.79 Å². The Morgan fingerprint density at radius 3 is 2.45 bits per heavy atom. The van der Waals surface area contributed by atoms with E-state index in [0.29, 0.717) is 6.61 Å². The highest BCUT2D eigenvalue weighted by Gasteiger charge is 2.46. The molecule has 0 saturated carbocycles. The average molecular weight is 444 g/mol. The van der Waals surface area contributed by atoms with Crippen LogP contribution < -0.4 is 11.4 Å². The summed E-state index contributed by atoms with van der Waals surface area (Å²) in [5, 5.41) is 11.2. The molecule has 0 amide bonds. The Bertz CT molecular complexity index is 728. The van der Waals surface area contributed by atoms with Crippen LogP contribution in [-0.2, 0) is 13.6 Å². The van der Waals surface area contributed by atoms with Crippen molar-refractivity contribution in [2.45, 2.75) is 89.0 Å². The fraction of sp³-hybridized carbons (Fsp3) is 0.789. The molecule has 166 valence electrons. The van der Waals surface area contributed by atoms with Crippen LogP contribution in [0.1, 0.15) is 60.6 Å². The lowest BCUT2D eigenvalue weighted by Gasteiger charge is -2.28. The summed E-state index contributed by atoms with van der Waals surface area (Å²) in [5.41, 5.74) is 5.10. The molecule has 4 atom stereocenters. The number of rotatable bonds is 10. The highest BCUT2D eigenvalue weighted by molar-refractivity contribution is 6.32. The summed E-state index contributed by atoms with van der Waals surface area (Å²) in [6.07, 6.45) is 0.776. The van der Waals surface area contributed by atoms with Crippen LogP contribution in [0.25, 0.3) is 0 Å². The molecule has 3 N–H and O–H groups in total. The van der Waals surface area contributed by atoms with Gasteiger partial charge < -0.3 is 24.4 Å². The quantitative estimate of drug-likeness (QED) is 0.516. The van der Waals surface area contributed by atoms with Crippen molar-refractivity contribution in [1.29, 1.82) is 0 Å². The van der Waals surface area contributed by atoms with Gasteiger partial charge in [0, 0.05) is 6.20 Å². The van der Waals surface area contributed by atoms with Gasteiger partial charge >= 0.3 is 5.69 Å². The molecule has 1 saturated heterocycles. The van der Waals surface area contributed by atoms with Gasteiger partial charge in [0.15, 0.2) is 25.8 Å². The van der Waals surface area contributed by atoms with Crippen LogP contribution in [0, 0.1) is 0 Å². The molecule has 1 aromatic rings. The van der Waals surface area contributed by atoms with E-state index in [2.05, 4.69) is 46.5 Å². The predicted octanol–water partition coefficient (Wildman–Crippen LogP) is 0.870. The Balaban J connectivity index is 2.17. The minimum Gasteiger partial charge on any atom is -0.421 e. The summed E-state index contributed by atoms with van der Waals surface area (Å²) in [6.45, 7) is 13.3. The Hall–Kier alpha value is -1.05. The van der Waals surface area contributed by atoms with Crippen LogP contribution in [0.4, 0.5) is 5.82 Å². The minimum absolute atomic E-state index is 0.0846. The molecule has 10 heteroatoms. The molecule has 29 heavy (non-hydrogen) atoms. The van der Waals surface area contributed by atoms with E-state index in [-0.39, 0.29) is 15.9 Å². The lowest BCUT2D eigenvalue weighted by atomic mass is 10.1. The summed E-state index contributed by atoms with van der Waals surface area (Å²) in [4.78, 5) is 16.2. The van der Waals surface area contributed by atoms with E-state index < -0.39 is 49.8 Å². The van der Waals surface area contributed by atoms with E-state index in [9.17, 15) is 9.90 Å². The number of aliphatic hydroxyl groups is 1. The zero-order valence-corrected chi connectivity index (χ0v) is 21.4. The molecule has 0 aromatic carbocycles. The number of nitrogens with two attached hydrogens (primary N) is 1. The van der Waals surface area contributed by atoms with Gasteiger partial charge in [0.1, 0.15) is 24.1 Å². The molecule has 1 fully saturated rings. The maximum Gasteiger partial charge on any atom is 0.351 e. The zero-order valence-electron chi connectivity index (χ0n) is 18.6. The van der Waals surface area contributed by atoms with Crippen molar-refractivity contribution in [2.24, 2.45) is 0 Å². The van der Waals surface area contributed by atoms with Crippen LogP contribution in [0.5, 0.6) is 0 Å². The first-order chi connectivity index (χ1) is 13.5. The van der Waals surface area contributed by atoms with Crippen molar-refractivity contribution < 1.29 is 18.7 Å². The van der Waals surface area contributed by atoms with Crippen LogP contribution in [0.3, 0.4) is 0 Å². The van der Waals surface area contributed by atoms with Crippen LogP contribution in [-0.4, -0.2) is 59.1 Å². The summed E-state index contributed by atoms with van der Waals surface area (Å²) in [5.74, 6) is 0.149. The SMILES string of the molecule is CCC(C)(C)[SiH2]OCC1OC(n2ccc(N)nc2=O)C(O[SiH2]C(C)(C)CC)C1O. The molecule has 1 aromatic heterocycles. The highest BCUT2D eigenvalue weighted by Crippen LogP contribution is 2.35. The van der Waals surface area contributed by atoms with Crippen molar-refractivity contribution in [1.82, 2.24) is 9.55 Å². The molecular weight excluding hydrogens is 406 g/mol. The van der Waals surface area contributed by atoms with E-state index in [1.165, 1.54) is 4.57 Å².